The fraction of sp³-hybridized carbons (Fsp3) is 0.158. The summed E-state index contributed by atoms with van der Waals surface area (Å²) in [7, 11) is 0. The molecule has 1 aromatic carbocycles. The van der Waals surface area contributed by atoms with E-state index in [1.807, 2.05) is 35.0 Å². The smallest absolute Gasteiger partial charge is 0.281 e. The van der Waals surface area contributed by atoms with Gasteiger partial charge in [0.1, 0.15) is 0 Å². The highest BCUT2D eigenvalue weighted by molar-refractivity contribution is 7.12. The molecule has 0 saturated heterocycles. The van der Waals surface area contributed by atoms with E-state index in [0.717, 1.165) is 15.5 Å². The lowest BCUT2D eigenvalue weighted by Gasteiger charge is -2.20. The molecule has 0 N–H and O–H groups in total. The fourth-order valence-electron chi connectivity index (χ4n) is 2.80. The summed E-state index contributed by atoms with van der Waals surface area (Å²) in [5, 5.41) is 9.99. The highest BCUT2D eigenvalue weighted by Gasteiger charge is 2.34. The molecule has 0 bridgehead atoms. The van der Waals surface area contributed by atoms with E-state index in [-0.39, 0.29) is 24.3 Å². The molecule has 3 aromatic rings. The van der Waals surface area contributed by atoms with Crippen molar-refractivity contribution in [3.05, 3.63) is 74.9 Å². The van der Waals surface area contributed by atoms with Gasteiger partial charge in [-0.25, -0.2) is 9.40 Å². The number of nitrogens with zero attached hydrogens (tertiary/aromatic N) is 2. The van der Waals surface area contributed by atoms with Crippen molar-refractivity contribution in [1.29, 1.82) is 0 Å². The molecule has 0 spiro atoms. The summed E-state index contributed by atoms with van der Waals surface area (Å²) in [6, 6.07) is 13.8. The number of halogens is 1. The molecule has 0 saturated carbocycles. The van der Waals surface area contributed by atoms with Crippen molar-refractivity contribution in [2.45, 2.75) is 12.5 Å². The summed E-state index contributed by atoms with van der Waals surface area (Å²) in [6.07, 6.45) is 0.659. The average molecular weight is 386 g/mol. The van der Waals surface area contributed by atoms with Gasteiger partial charge in [-0.2, -0.15) is 5.10 Å². The lowest BCUT2D eigenvalue weighted by molar-refractivity contribution is -0.135. The van der Waals surface area contributed by atoms with Gasteiger partial charge in [0.25, 0.3) is 5.91 Å². The zero-order chi connectivity index (χ0) is 17.9. The topological polar surface area (TPSA) is 41.9 Å². The SMILES string of the molecule is O=C(COc1ccccc1F)N1N=C(c2cccs2)C[C@H]1c1cccs1. The van der Waals surface area contributed by atoms with Crippen molar-refractivity contribution < 1.29 is 13.9 Å². The zero-order valence-electron chi connectivity index (χ0n) is 13.7. The van der Waals surface area contributed by atoms with E-state index in [0.29, 0.717) is 6.42 Å². The van der Waals surface area contributed by atoms with Crippen LogP contribution < -0.4 is 4.74 Å². The van der Waals surface area contributed by atoms with E-state index in [1.54, 1.807) is 34.8 Å². The third-order valence-electron chi connectivity index (χ3n) is 4.03. The quantitative estimate of drug-likeness (QED) is 0.637. The van der Waals surface area contributed by atoms with Gasteiger partial charge in [-0.15, -0.1) is 22.7 Å². The standard InChI is InChI=1S/C19H15FN2O2S2/c20-13-5-1-2-6-16(13)24-12-19(23)22-15(18-8-4-10-26-18)11-14(21-22)17-7-3-9-25-17/h1-10,15H,11-12H2/t15-/m0/s1. The highest BCUT2D eigenvalue weighted by Crippen LogP contribution is 2.36. The molecule has 26 heavy (non-hydrogen) atoms. The van der Waals surface area contributed by atoms with Gasteiger partial charge in [-0.1, -0.05) is 24.3 Å². The minimum absolute atomic E-state index is 0.0650. The Kier molecular flexibility index (Phi) is 4.81. The molecule has 1 aliphatic rings. The second-order valence-corrected chi connectivity index (χ2v) is 7.64. The zero-order valence-corrected chi connectivity index (χ0v) is 15.3. The Bertz CT molecular complexity index is 923. The van der Waals surface area contributed by atoms with E-state index in [4.69, 9.17) is 4.74 Å². The minimum Gasteiger partial charge on any atom is -0.481 e. The molecule has 0 radical (unpaired) electrons. The van der Waals surface area contributed by atoms with Crippen LogP contribution in [-0.2, 0) is 4.79 Å². The summed E-state index contributed by atoms with van der Waals surface area (Å²) >= 11 is 3.19. The van der Waals surface area contributed by atoms with Gasteiger partial charge >= 0.3 is 0 Å². The van der Waals surface area contributed by atoms with E-state index in [9.17, 15) is 9.18 Å². The molecule has 2 aromatic heterocycles. The lowest BCUT2D eigenvalue weighted by Crippen LogP contribution is -2.31. The summed E-state index contributed by atoms with van der Waals surface area (Å²) in [4.78, 5) is 14.9. The van der Waals surface area contributed by atoms with E-state index in [1.165, 1.54) is 17.1 Å². The van der Waals surface area contributed by atoms with Gasteiger partial charge in [0.15, 0.2) is 18.2 Å². The van der Waals surface area contributed by atoms with Crippen LogP contribution in [0.4, 0.5) is 4.39 Å². The number of ether oxygens (including phenoxy) is 1. The first kappa shape index (κ1) is 16.9. The third-order valence-corrected chi connectivity index (χ3v) is 5.92. The van der Waals surface area contributed by atoms with Crippen LogP contribution in [0.5, 0.6) is 5.75 Å². The van der Waals surface area contributed by atoms with Crippen LogP contribution in [-0.4, -0.2) is 23.2 Å². The normalized spacial score (nSPS) is 16.6. The Morgan fingerprint density at radius 2 is 1.96 bits per heavy atom. The van der Waals surface area contributed by atoms with Crippen LogP contribution in [0, 0.1) is 5.82 Å². The van der Waals surface area contributed by atoms with Gasteiger partial charge in [0, 0.05) is 11.3 Å². The molecular formula is C19H15FN2O2S2. The van der Waals surface area contributed by atoms with Crippen molar-refractivity contribution in [2.24, 2.45) is 5.10 Å². The number of carbonyl (C=O) groups is 1. The number of hydrogen-bond acceptors (Lipinski definition) is 5. The van der Waals surface area contributed by atoms with Crippen molar-refractivity contribution in [1.82, 2.24) is 5.01 Å². The number of carbonyl (C=O) groups excluding carboxylic acids is 1. The molecule has 0 aliphatic carbocycles. The van der Waals surface area contributed by atoms with Gasteiger partial charge < -0.3 is 4.74 Å². The van der Waals surface area contributed by atoms with Gasteiger partial charge in [-0.05, 0) is 35.0 Å². The summed E-state index contributed by atoms with van der Waals surface area (Å²) in [5.74, 6) is -0.715. The first-order valence-corrected chi connectivity index (χ1v) is 9.82. The van der Waals surface area contributed by atoms with Crippen LogP contribution in [0.1, 0.15) is 22.2 Å². The third kappa shape index (κ3) is 3.40. The number of hydrazone groups is 1. The number of amides is 1. The molecule has 0 fully saturated rings. The van der Waals surface area contributed by atoms with Crippen LogP contribution >= 0.6 is 22.7 Å². The Hall–Kier alpha value is -2.51. The minimum atomic E-state index is -0.487. The molecule has 4 nitrogen and oxygen atoms in total. The van der Waals surface area contributed by atoms with Crippen LogP contribution in [0.25, 0.3) is 0 Å². The largest absolute Gasteiger partial charge is 0.481 e. The number of benzene rings is 1. The van der Waals surface area contributed by atoms with Gasteiger partial charge in [-0.3, -0.25) is 4.79 Å². The number of rotatable bonds is 5. The van der Waals surface area contributed by atoms with E-state index < -0.39 is 5.82 Å². The predicted octanol–water partition coefficient (Wildman–Crippen LogP) is 4.71. The molecule has 0 unspecified atom stereocenters. The van der Waals surface area contributed by atoms with Crippen molar-refractivity contribution >= 4 is 34.3 Å². The maximum Gasteiger partial charge on any atom is 0.281 e. The molecule has 4 rings (SSSR count). The fourth-order valence-corrected chi connectivity index (χ4v) is 4.33. The van der Waals surface area contributed by atoms with Gasteiger partial charge in [0.2, 0.25) is 0 Å². The van der Waals surface area contributed by atoms with E-state index >= 15 is 0 Å². The maximum absolute atomic E-state index is 13.7. The molecule has 132 valence electrons. The Morgan fingerprint density at radius 1 is 1.15 bits per heavy atom. The summed E-state index contributed by atoms with van der Waals surface area (Å²) < 4.78 is 19.1. The van der Waals surface area contributed by atoms with Crippen molar-refractivity contribution in [3.63, 3.8) is 0 Å². The van der Waals surface area contributed by atoms with Crippen molar-refractivity contribution in [2.75, 3.05) is 6.61 Å². The monoisotopic (exact) mass is 386 g/mol. The Morgan fingerprint density at radius 3 is 2.69 bits per heavy atom. The maximum atomic E-state index is 13.7. The van der Waals surface area contributed by atoms with Gasteiger partial charge in [0.05, 0.1) is 16.6 Å². The number of thiophene rings is 2. The van der Waals surface area contributed by atoms with Crippen LogP contribution in [0.15, 0.2) is 64.4 Å². The Labute approximate surface area is 158 Å². The average Bonchev–Trinajstić information content (AvgIpc) is 3.41. The molecule has 7 heteroatoms. The first-order valence-electron chi connectivity index (χ1n) is 8.06. The number of hydrogen-bond donors (Lipinski definition) is 0. The lowest BCUT2D eigenvalue weighted by atomic mass is 10.1. The summed E-state index contributed by atoms with van der Waals surface area (Å²) in [5.41, 5.74) is 0.887. The predicted molar refractivity (Wildman–Crippen MR) is 101 cm³/mol. The highest BCUT2D eigenvalue weighted by atomic mass is 32.1. The second kappa shape index (κ2) is 7.39. The first-order chi connectivity index (χ1) is 12.7. The Balaban J connectivity index is 1.54. The van der Waals surface area contributed by atoms with E-state index in [2.05, 4.69) is 5.10 Å². The second-order valence-electron chi connectivity index (χ2n) is 5.72. The summed E-state index contributed by atoms with van der Waals surface area (Å²) in [6.45, 7) is -0.260. The molecular weight excluding hydrogens is 371 g/mol. The molecule has 1 atom stereocenters. The molecule has 1 aliphatic heterocycles. The van der Waals surface area contributed by atoms with Crippen LogP contribution in [0.3, 0.4) is 0 Å². The molecule has 1 amide bonds. The number of para-hydroxylation sites is 1. The van der Waals surface area contributed by atoms with Crippen LogP contribution in [0.2, 0.25) is 0 Å². The van der Waals surface area contributed by atoms with Crippen molar-refractivity contribution in [3.8, 4) is 5.75 Å². The molecule has 3 heterocycles.